The van der Waals surface area contributed by atoms with E-state index in [0.29, 0.717) is 19.2 Å². The van der Waals surface area contributed by atoms with Gasteiger partial charge in [0.25, 0.3) is 0 Å². The number of ether oxygens (including phenoxy) is 2. The minimum Gasteiger partial charge on any atom is -0.467 e. The largest absolute Gasteiger partial charge is 0.467 e. The van der Waals surface area contributed by atoms with Crippen LogP contribution in [0.5, 0.6) is 0 Å². The quantitative estimate of drug-likeness (QED) is 0.209. The molecule has 0 saturated carbocycles. The van der Waals surface area contributed by atoms with Gasteiger partial charge in [0.15, 0.2) is 6.61 Å². The minimum absolute atomic E-state index is 0.185. The molecule has 0 bridgehead atoms. The van der Waals surface area contributed by atoms with Gasteiger partial charge in [0, 0.05) is 0 Å². The highest BCUT2D eigenvalue weighted by Gasteiger charge is 2.03. The van der Waals surface area contributed by atoms with E-state index in [9.17, 15) is 4.79 Å². The lowest BCUT2D eigenvalue weighted by Gasteiger charge is -1.99. The van der Waals surface area contributed by atoms with Gasteiger partial charge < -0.3 is 9.47 Å². The highest BCUT2D eigenvalue weighted by Crippen LogP contribution is 1.92. The Kier molecular flexibility index (Phi) is 4.42. The number of carbonyl (C=O) groups is 1. The lowest BCUT2D eigenvalue weighted by molar-refractivity contribution is -0.147. The fraction of sp³-hybridized carbons (Fsp3) is 0.571. The molecule has 1 heterocycles. The van der Waals surface area contributed by atoms with E-state index in [1.54, 1.807) is 0 Å². The summed E-state index contributed by atoms with van der Waals surface area (Å²) in [6, 6.07) is 0.305. The molecule has 7 heteroatoms. The maximum absolute atomic E-state index is 10.6. The number of nitrogens with zero attached hydrogens (tertiary/aromatic N) is 2. The summed E-state index contributed by atoms with van der Waals surface area (Å²) in [6.07, 6.45) is 1.24. The van der Waals surface area contributed by atoms with Crippen LogP contribution in [0.25, 0.3) is 0 Å². The second-order valence-corrected chi connectivity index (χ2v) is 2.25. The maximum atomic E-state index is 10.6. The Labute approximate surface area is 80.7 Å². The summed E-state index contributed by atoms with van der Waals surface area (Å²) in [4.78, 5) is 22.9. The number of nitrogens with one attached hydrogen (secondary N) is 1. The first kappa shape index (κ1) is 10.5. The van der Waals surface area contributed by atoms with Crippen molar-refractivity contribution in [3.8, 4) is 0 Å². The summed E-state index contributed by atoms with van der Waals surface area (Å²) in [5.74, 6) is -0.472. The molecule has 0 unspecified atom stereocenters. The van der Waals surface area contributed by atoms with Gasteiger partial charge in [0.1, 0.15) is 12.9 Å². The van der Waals surface area contributed by atoms with Crippen molar-refractivity contribution in [3.05, 3.63) is 0 Å². The van der Waals surface area contributed by atoms with Gasteiger partial charge in [-0.25, -0.2) is 9.79 Å². The zero-order chi connectivity index (χ0) is 10.2. The van der Waals surface area contributed by atoms with Crippen LogP contribution in [0, 0.1) is 0 Å². The van der Waals surface area contributed by atoms with E-state index in [1.807, 2.05) is 0 Å². The molecule has 0 aliphatic carbocycles. The topological polar surface area (TPSA) is 81.5 Å². The number of rotatable bonds is 4. The standard InChI is InChI=1S/C7H11N3O4/c1-12-6(11)4-14-10-5-9-7-8-2-3-13-7/h5H,2-4H2,1H3,(H,8,9,10). The van der Waals surface area contributed by atoms with Crippen LogP contribution in [-0.4, -0.2) is 45.2 Å². The Morgan fingerprint density at radius 3 is 3.36 bits per heavy atom. The number of carbonyl (C=O) groups excluding carboxylic acids is 1. The van der Waals surface area contributed by atoms with Crippen LogP contribution in [0.1, 0.15) is 0 Å². The van der Waals surface area contributed by atoms with Crippen molar-refractivity contribution in [3.63, 3.8) is 0 Å². The molecule has 14 heavy (non-hydrogen) atoms. The van der Waals surface area contributed by atoms with Crippen LogP contribution < -0.4 is 5.48 Å². The number of hydrogen-bond acceptors (Lipinski definition) is 6. The monoisotopic (exact) mass is 201 g/mol. The minimum atomic E-state index is -0.472. The summed E-state index contributed by atoms with van der Waals surface area (Å²) >= 11 is 0. The van der Waals surface area contributed by atoms with Gasteiger partial charge in [0.05, 0.1) is 13.7 Å². The molecule has 0 aromatic carbocycles. The Morgan fingerprint density at radius 2 is 2.71 bits per heavy atom. The van der Waals surface area contributed by atoms with Gasteiger partial charge in [0.2, 0.25) is 0 Å². The molecule has 0 saturated heterocycles. The molecule has 0 atom stereocenters. The Balaban J connectivity index is 2.05. The first-order chi connectivity index (χ1) is 6.83. The SMILES string of the molecule is COC(=O)CONC=NC1=NCCO1. The zero-order valence-electron chi connectivity index (χ0n) is 7.73. The van der Waals surface area contributed by atoms with Crippen molar-refractivity contribution in [1.29, 1.82) is 0 Å². The average Bonchev–Trinajstić information content (AvgIpc) is 2.69. The number of aliphatic imine (C=N–C) groups is 2. The van der Waals surface area contributed by atoms with Crippen molar-refractivity contribution in [2.24, 2.45) is 9.98 Å². The van der Waals surface area contributed by atoms with Crippen LogP contribution >= 0.6 is 0 Å². The molecule has 78 valence electrons. The zero-order valence-corrected chi connectivity index (χ0v) is 7.73. The van der Waals surface area contributed by atoms with Crippen molar-refractivity contribution < 1.29 is 19.1 Å². The van der Waals surface area contributed by atoms with Gasteiger partial charge in [-0.15, -0.1) is 0 Å². The molecule has 7 nitrogen and oxygen atoms in total. The van der Waals surface area contributed by atoms with E-state index in [4.69, 9.17) is 4.74 Å². The number of hydroxylamine groups is 1. The van der Waals surface area contributed by atoms with Gasteiger partial charge in [-0.3, -0.25) is 10.3 Å². The van der Waals surface area contributed by atoms with E-state index in [-0.39, 0.29) is 6.61 Å². The molecule has 0 aromatic rings. The van der Waals surface area contributed by atoms with E-state index in [0.717, 1.165) is 0 Å². The number of hydrogen-bond donors (Lipinski definition) is 1. The molecule has 0 spiro atoms. The molecule has 1 aliphatic heterocycles. The molecule has 1 N–H and O–H groups in total. The smallest absolute Gasteiger partial charge is 0.334 e. The first-order valence-corrected chi connectivity index (χ1v) is 3.97. The third kappa shape index (κ3) is 3.85. The molecule has 0 amide bonds. The van der Waals surface area contributed by atoms with Crippen molar-refractivity contribution in [2.75, 3.05) is 26.9 Å². The van der Waals surface area contributed by atoms with Crippen LogP contribution in [0.3, 0.4) is 0 Å². The van der Waals surface area contributed by atoms with E-state index < -0.39 is 5.97 Å². The van der Waals surface area contributed by atoms with Crippen LogP contribution in [-0.2, 0) is 19.1 Å². The second-order valence-electron chi connectivity index (χ2n) is 2.25. The van der Waals surface area contributed by atoms with Crippen molar-refractivity contribution in [1.82, 2.24) is 5.48 Å². The van der Waals surface area contributed by atoms with Crippen molar-refractivity contribution >= 4 is 18.3 Å². The van der Waals surface area contributed by atoms with Gasteiger partial charge >= 0.3 is 12.0 Å². The Morgan fingerprint density at radius 1 is 1.86 bits per heavy atom. The molecule has 1 rings (SSSR count). The molecule has 1 aliphatic rings. The fourth-order valence-electron chi connectivity index (χ4n) is 0.680. The number of esters is 1. The van der Waals surface area contributed by atoms with Crippen LogP contribution in [0.15, 0.2) is 9.98 Å². The van der Waals surface area contributed by atoms with E-state index in [1.165, 1.54) is 13.4 Å². The summed E-state index contributed by atoms with van der Waals surface area (Å²) in [7, 11) is 1.28. The summed E-state index contributed by atoms with van der Waals surface area (Å²) < 4.78 is 9.30. The van der Waals surface area contributed by atoms with E-state index in [2.05, 4.69) is 25.0 Å². The average molecular weight is 201 g/mol. The number of methoxy groups -OCH3 is 1. The normalized spacial score (nSPS) is 15.1. The van der Waals surface area contributed by atoms with Crippen molar-refractivity contribution in [2.45, 2.75) is 0 Å². The number of amidine groups is 1. The second kappa shape index (κ2) is 5.92. The Bertz CT molecular complexity index is 251. The molecule has 0 aromatic heterocycles. The van der Waals surface area contributed by atoms with Crippen LogP contribution in [0.2, 0.25) is 0 Å². The maximum Gasteiger partial charge on any atom is 0.334 e. The third-order valence-corrected chi connectivity index (χ3v) is 1.30. The molecule has 0 fully saturated rings. The summed E-state index contributed by atoms with van der Waals surface area (Å²) in [5.41, 5.74) is 2.32. The van der Waals surface area contributed by atoms with Gasteiger partial charge in [-0.05, 0) is 0 Å². The third-order valence-electron chi connectivity index (χ3n) is 1.30. The Hall–Kier alpha value is -1.63. The summed E-state index contributed by atoms with van der Waals surface area (Å²) in [5, 5.41) is 0. The predicted molar refractivity (Wildman–Crippen MR) is 47.8 cm³/mol. The highest BCUT2D eigenvalue weighted by molar-refractivity contribution is 5.83. The lowest BCUT2D eigenvalue weighted by Crippen LogP contribution is -2.20. The highest BCUT2D eigenvalue weighted by atomic mass is 16.7. The molecule has 0 radical (unpaired) electrons. The van der Waals surface area contributed by atoms with Gasteiger partial charge in [-0.2, -0.15) is 4.99 Å². The van der Waals surface area contributed by atoms with Crippen LogP contribution in [0.4, 0.5) is 0 Å². The molecular weight excluding hydrogens is 190 g/mol. The molecular formula is C7H11N3O4. The first-order valence-electron chi connectivity index (χ1n) is 3.97. The summed E-state index contributed by atoms with van der Waals surface area (Å²) in [6.45, 7) is 0.987. The lowest BCUT2D eigenvalue weighted by atomic mass is 10.7. The fourth-order valence-corrected chi connectivity index (χ4v) is 0.680. The predicted octanol–water partition coefficient (Wildman–Crippen LogP) is -0.905. The van der Waals surface area contributed by atoms with E-state index >= 15 is 0 Å². The van der Waals surface area contributed by atoms with Gasteiger partial charge in [-0.1, -0.05) is 0 Å².